The standard InChI is InChI=1S/C16H13BrF2O2/c1-9(2)12-7-11(17)3-4-15(12)21-16-13(18)5-10(8-20)6-14(16)19/h3-9H,1-2H3. The van der Waals surface area contributed by atoms with Gasteiger partial charge in [0.1, 0.15) is 12.0 Å². The number of carbonyl (C=O) groups excluding carboxylic acids is 1. The van der Waals surface area contributed by atoms with Crippen LogP contribution in [0.5, 0.6) is 11.5 Å². The molecule has 0 fully saturated rings. The second kappa shape index (κ2) is 6.35. The molecule has 0 aliphatic rings. The van der Waals surface area contributed by atoms with Gasteiger partial charge in [-0.3, -0.25) is 4.79 Å². The van der Waals surface area contributed by atoms with Gasteiger partial charge in [0.25, 0.3) is 0 Å². The topological polar surface area (TPSA) is 26.3 Å². The van der Waals surface area contributed by atoms with Crippen molar-refractivity contribution in [3.63, 3.8) is 0 Å². The molecule has 0 N–H and O–H groups in total. The summed E-state index contributed by atoms with van der Waals surface area (Å²) in [5.41, 5.74) is 0.750. The van der Waals surface area contributed by atoms with E-state index in [4.69, 9.17) is 4.74 Å². The van der Waals surface area contributed by atoms with E-state index in [0.717, 1.165) is 22.2 Å². The lowest BCUT2D eigenvalue weighted by Crippen LogP contribution is -1.99. The summed E-state index contributed by atoms with van der Waals surface area (Å²) in [5, 5.41) is 0. The van der Waals surface area contributed by atoms with E-state index in [9.17, 15) is 13.6 Å². The highest BCUT2D eigenvalue weighted by molar-refractivity contribution is 9.10. The molecule has 5 heteroatoms. The van der Waals surface area contributed by atoms with Crippen LogP contribution in [0.2, 0.25) is 0 Å². The fraction of sp³-hybridized carbons (Fsp3) is 0.188. The summed E-state index contributed by atoms with van der Waals surface area (Å²) < 4.78 is 34.0. The Hall–Kier alpha value is -1.75. The van der Waals surface area contributed by atoms with Crippen LogP contribution in [0.25, 0.3) is 0 Å². The maximum absolute atomic E-state index is 13.9. The third kappa shape index (κ3) is 3.47. The molecule has 0 aliphatic heterocycles. The van der Waals surface area contributed by atoms with Gasteiger partial charge in [0.15, 0.2) is 17.4 Å². The van der Waals surface area contributed by atoms with E-state index in [1.807, 2.05) is 19.9 Å². The average molecular weight is 355 g/mol. The van der Waals surface area contributed by atoms with Crippen molar-refractivity contribution in [3.8, 4) is 11.5 Å². The van der Waals surface area contributed by atoms with Crippen LogP contribution >= 0.6 is 15.9 Å². The van der Waals surface area contributed by atoms with Gasteiger partial charge in [0.2, 0.25) is 0 Å². The molecule has 110 valence electrons. The highest BCUT2D eigenvalue weighted by atomic mass is 79.9. The Labute approximate surface area is 129 Å². The average Bonchev–Trinajstić information content (AvgIpc) is 2.43. The molecule has 0 radical (unpaired) electrons. The Balaban J connectivity index is 2.46. The largest absolute Gasteiger partial charge is 0.451 e. The molecule has 0 saturated carbocycles. The number of hydrogen-bond acceptors (Lipinski definition) is 2. The van der Waals surface area contributed by atoms with E-state index < -0.39 is 17.4 Å². The molecule has 0 aromatic heterocycles. The normalized spacial score (nSPS) is 10.8. The van der Waals surface area contributed by atoms with E-state index in [0.29, 0.717) is 12.0 Å². The molecular formula is C16H13BrF2O2. The lowest BCUT2D eigenvalue weighted by atomic mass is 10.0. The third-order valence-corrected chi connectivity index (χ3v) is 3.46. The lowest BCUT2D eigenvalue weighted by molar-refractivity contribution is 0.112. The second-order valence-electron chi connectivity index (χ2n) is 4.87. The van der Waals surface area contributed by atoms with Gasteiger partial charge < -0.3 is 4.74 Å². The molecule has 0 atom stereocenters. The molecule has 21 heavy (non-hydrogen) atoms. The van der Waals surface area contributed by atoms with Crippen LogP contribution < -0.4 is 4.74 Å². The van der Waals surface area contributed by atoms with Crippen molar-refractivity contribution in [2.75, 3.05) is 0 Å². The Bertz CT molecular complexity index is 661. The number of aldehydes is 1. The first-order chi connectivity index (χ1) is 9.92. The highest BCUT2D eigenvalue weighted by Gasteiger charge is 2.16. The molecular weight excluding hydrogens is 342 g/mol. The Morgan fingerprint density at radius 2 is 1.76 bits per heavy atom. The van der Waals surface area contributed by atoms with Crippen LogP contribution in [0.1, 0.15) is 35.7 Å². The van der Waals surface area contributed by atoms with Crippen molar-refractivity contribution in [1.82, 2.24) is 0 Å². The number of hydrogen-bond donors (Lipinski definition) is 0. The third-order valence-electron chi connectivity index (χ3n) is 2.96. The molecule has 2 aromatic rings. The molecule has 0 spiro atoms. The lowest BCUT2D eigenvalue weighted by Gasteiger charge is -2.15. The quantitative estimate of drug-likeness (QED) is 0.681. The highest BCUT2D eigenvalue weighted by Crippen LogP contribution is 2.35. The van der Waals surface area contributed by atoms with Gasteiger partial charge in [0, 0.05) is 10.0 Å². The summed E-state index contributed by atoms with van der Waals surface area (Å²) in [6.45, 7) is 3.91. The van der Waals surface area contributed by atoms with Crippen LogP contribution in [0.3, 0.4) is 0 Å². The van der Waals surface area contributed by atoms with Gasteiger partial charge in [0.05, 0.1) is 0 Å². The predicted octanol–water partition coefficient (Wildman–Crippen LogP) is 5.46. The zero-order valence-electron chi connectivity index (χ0n) is 11.5. The first-order valence-electron chi connectivity index (χ1n) is 6.34. The summed E-state index contributed by atoms with van der Waals surface area (Å²) in [6.07, 6.45) is 0.384. The molecule has 2 nitrogen and oxygen atoms in total. The summed E-state index contributed by atoms with van der Waals surface area (Å²) in [7, 11) is 0. The summed E-state index contributed by atoms with van der Waals surface area (Å²) in [6, 6.07) is 7.11. The van der Waals surface area contributed by atoms with E-state index in [1.165, 1.54) is 0 Å². The van der Waals surface area contributed by atoms with Crippen LogP contribution in [0.15, 0.2) is 34.8 Å². The molecule has 0 saturated heterocycles. The van der Waals surface area contributed by atoms with Crippen LogP contribution in [0, 0.1) is 11.6 Å². The van der Waals surface area contributed by atoms with E-state index in [2.05, 4.69) is 15.9 Å². The second-order valence-corrected chi connectivity index (χ2v) is 5.79. The maximum Gasteiger partial charge on any atom is 0.198 e. The minimum absolute atomic E-state index is 0.0720. The van der Waals surface area contributed by atoms with Gasteiger partial charge in [-0.1, -0.05) is 29.8 Å². The monoisotopic (exact) mass is 354 g/mol. The first kappa shape index (κ1) is 15.6. The van der Waals surface area contributed by atoms with Gasteiger partial charge in [-0.25, -0.2) is 8.78 Å². The van der Waals surface area contributed by atoms with Crippen molar-refractivity contribution in [3.05, 3.63) is 57.6 Å². The fourth-order valence-electron chi connectivity index (χ4n) is 1.92. The molecule has 2 aromatic carbocycles. The SMILES string of the molecule is CC(C)c1cc(Br)ccc1Oc1c(F)cc(C=O)cc1F. The van der Waals surface area contributed by atoms with Gasteiger partial charge in [-0.15, -0.1) is 0 Å². The summed E-state index contributed by atoms with van der Waals surface area (Å²) in [5.74, 6) is -1.82. The van der Waals surface area contributed by atoms with Gasteiger partial charge in [-0.05, 0) is 41.8 Å². The predicted molar refractivity (Wildman–Crippen MR) is 80.1 cm³/mol. The molecule has 0 aliphatic carbocycles. The first-order valence-corrected chi connectivity index (χ1v) is 7.13. The number of rotatable bonds is 4. The summed E-state index contributed by atoms with van der Waals surface area (Å²) >= 11 is 3.36. The minimum atomic E-state index is -0.908. The summed E-state index contributed by atoms with van der Waals surface area (Å²) in [4.78, 5) is 10.6. The number of benzene rings is 2. The Morgan fingerprint density at radius 1 is 1.14 bits per heavy atom. The zero-order valence-corrected chi connectivity index (χ0v) is 13.1. The van der Waals surface area contributed by atoms with Crippen molar-refractivity contribution in [1.29, 1.82) is 0 Å². The molecule has 0 bridgehead atoms. The van der Waals surface area contributed by atoms with Crippen molar-refractivity contribution in [2.45, 2.75) is 19.8 Å². The van der Waals surface area contributed by atoms with Crippen molar-refractivity contribution < 1.29 is 18.3 Å². The molecule has 0 heterocycles. The number of ether oxygens (including phenoxy) is 1. The Kier molecular flexibility index (Phi) is 4.73. The zero-order chi connectivity index (χ0) is 15.6. The maximum atomic E-state index is 13.9. The van der Waals surface area contributed by atoms with Crippen LogP contribution in [-0.2, 0) is 0 Å². The Morgan fingerprint density at radius 3 is 2.29 bits per heavy atom. The van der Waals surface area contributed by atoms with Gasteiger partial charge in [-0.2, -0.15) is 0 Å². The van der Waals surface area contributed by atoms with E-state index >= 15 is 0 Å². The van der Waals surface area contributed by atoms with Crippen molar-refractivity contribution >= 4 is 22.2 Å². The molecule has 0 amide bonds. The van der Waals surface area contributed by atoms with Crippen molar-refractivity contribution in [2.24, 2.45) is 0 Å². The van der Waals surface area contributed by atoms with E-state index in [1.54, 1.807) is 12.1 Å². The van der Waals surface area contributed by atoms with Gasteiger partial charge >= 0.3 is 0 Å². The molecule has 0 unspecified atom stereocenters. The molecule has 2 rings (SSSR count). The van der Waals surface area contributed by atoms with Crippen LogP contribution in [-0.4, -0.2) is 6.29 Å². The fourth-order valence-corrected chi connectivity index (χ4v) is 2.30. The van der Waals surface area contributed by atoms with Crippen LogP contribution in [0.4, 0.5) is 8.78 Å². The number of carbonyl (C=O) groups is 1. The number of halogens is 3. The van der Waals surface area contributed by atoms with E-state index in [-0.39, 0.29) is 11.5 Å². The smallest absolute Gasteiger partial charge is 0.198 e. The minimum Gasteiger partial charge on any atom is -0.451 e.